The molecular weight excluding hydrogens is 249 g/mol. The third-order valence-electron chi connectivity index (χ3n) is 2.36. The molecule has 0 bridgehead atoms. The van der Waals surface area contributed by atoms with Crippen LogP contribution in [0.3, 0.4) is 0 Å². The Kier molecular flexibility index (Phi) is 4.07. The van der Waals surface area contributed by atoms with E-state index in [9.17, 15) is 9.18 Å². The van der Waals surface area contributed by atoms with Gasteiger partial charge in [-0.2, -0.15) is 5.10 Å². The molecule has 0 saturated carbocycles. The zero-order chi connectivity index (χ0) is 13.7. The Morgan fingerprint density at radius 3 is 2.89 bits per heavy atom. The van der Waals surface area contributed by atoms with Crippen LogP contribution in [0.2, 0.25) is 0 Å². The van der Waals surface area contributed by atoms with Gasteiger partial charge >= 0.3 is 6.03 Å². The van der Waals surface area contributed by atoms with Crippen LogP contribution in [0.25, 0.3) is 0 Å². The highest BCUT2D eigenvalue weighted by atomic mass is 19.1. The lowest BCUT2D eigenvalue weighted by atomic mass is 10.4. The monoisotopic (exact) mass is 263 g/mol. The number of carbonyl (C=O) groups is 1. The van der Waals surface area contributed by atoms with Crippen LogP contribution in [0.1, 0.15) is 5.56 Å². The Morgan fingerprint density at radius 1 is 1.42 bits per heavy atom. The summed E-state index contributed by atoms with van der Waals surface area (Å²) in [4.78, 5) is 15.2. The molecule has 0 fully saturated rings. The van der Waals surface area contributed by atoms with Crippen molar-refractivity contribution in [2.24, 2.45) is 0 Å². The third kappa shape index (κ3) is 4.06. The molecule has 2 aromatic rings. The minimum Gasteiger partial charge on any atom is -0.336 e. The van der Waals surface area contributed by atoms with Crippen LogP contribution in [-0.4, -0.2) is 27.3 Å². The summed E-state index contributed by atoms with van der Waals surface area (Å²) in [5.74, 6) is -0.145. The van der Waals surface area contributed by atoms with E-state index in [-0.39, 0.29) is 6.03 Å². The maximum absolute atomic E-state index is 12.6. The van der Waals surface area contributed by atoms with Crippen molar-refractivity contribution in [1.82, 2.24) is 20.1 Å². The Balaban J connectivity index is 1.74. The quantitative estimate of drug-likeness (QED) is 0.879. The number of aromatic nitrogens is 3. The molecule has 2 N–H and O–H groups in total. The van der Waals surface area contributed by atoms with E-state index in [2.05, 4.69) is 20.7 Å². The molecule has 19 heavy (non-hydrogen) atoms. The molecule has 0 aliphatic heterocycles. The van der Waals surface area contributed by atoms with Gasteiger partial charge < -0.3 is 5.32 Å². The molecule has 0 aromatic carbocycles. The molecule has 2 rings (SSSR count). The van der Waals surface area contributed by atoms with E-state index in [1.807, 2.05) is 13.1 Å². The lowest BCUT2D eigenvalue weighted by Gasteiger charge is -2.06. The molecule has 2 heterocycles. The number of carbonyl (C=O) groups excluding carboxylic acids is 1. The minimum absolute atomic E-state index is 0.300. The van der Waals surface area contributed by atoms with Crippen molar-refractivity contribution in [3.05, 3.63) is 42.1 Å². The summed E-state index contributed by atoms with van der Waals surface area (Å²) < 4.78 is 14.4. The normalized spacial score (nSPS) is 10.2. The number of nitrogens with zero attached hydrogens (tertiary/aromatic N) is 3. The van der Waals surface area contributed by atoms with E-state index >= 15 is 0 Å². The predicted octanol–water partition coefficient (Wildman–Crippen LogP) is 1.55. The molecule has 0 saturated heterocycles. The number of urea groups is 1. The van der Waals surface area contributed by atoms with Crippen molar-refractivity contribution in [3.8, 4) is 0 Å². The summed E-state index contributed by atoms with van der Waals surface area (Å²) in [6.07, 6.45) is 4.69. The molecule has 0 atom stereocenters. The van der Waals surface area contributed by atoms with Crippen LogP contribution >= 0.6 is 0 Å². The van der Waals surface area contributed by atoms with Gasteiger partial charge in [0.1, 0.15) is 11.6 Å². The minimum atomic E-state index is -0.444. The van der Waals surface area contributed by atoms with Gasteiger partial charge in [-0.05, 0) is 24.6 Å². The maximum Gasteiger partial charge on any atom is 0.320 e. The number of aryl methyl sites for hydroxylation is 1. The summed E-state index contributed by atoms with van der Waals surface area (Å²) in [6, 6.07) is 2.24. The van der Waals surface area contributed by atoms with Crippen molar-refractivity contribution < 1.29 is 9.18 Å². The van der Waals surface area contributed by atoms with Crippen LogP contribution in [0.4, 0.5) is 15.0 Å². The molecule has 0 aliphatic rings. The fraction of sp³-hybridized carbons (Fsp3) is 0.250. The van der Waals surface area contributed by atoms with E-state index in [1.165, 1.54) is 12.1 Å². The van der Waals surface area contributed by atoms with Gasteiger partial charge in [0.15, 0.2) is 0 Å². The first kappa shape index (κ1) is 13.0. The summed E-state index contributed by atoms with van der Waals surface area (Å²) in [5, 5.41) is 9.26. The molecule has 0 aliphatic carbocycles. The number of nitrogens with one attached hydrogen (secondary N) is 2. The third-order valence-corrected chi connectivity index (χ3v) is 2.36. The number of hydrogen-bond acceptors (Lipinski definition) is 3. The number of pyridine rings is 1. The second-order valence-corrected chi connectivity index (χ2v) is 4.02. The Hall–Kier alpha value is -2.44. The second-order valence-electron chi connectivity index (χ2n) is 4.02. The van der Waals surface area contributed by atoms with Crippen molar-refractivity contribution in [3.63, 3.8) is 0 Å². The van der Waals surface area contributed by atoms with E-state index < -0.39 is 5.82 Å². The average Bonchev–Trinajstić information content (AvgIpc) is 2.78. The molecule has 0 unspecified atom stereocenters. The van der Waals surface area contributed by atoms with Crippen LogP contribution < -0.4 is 10.6 Å². The zero-order valence-electron chi connectivity index (χ0n) is 10.4. The molecule has 6 nitrogen and oxygen atoms in total. The van der Waals surface area contributed by atoms with E-state index in [1.54, 1.807) is 10.9 Å². The highest BCUT2D eigenvalue weighted by Crippen LogP contribution is 2.02. The Morgan fingerprint density at radius 2 is 2.26 bits per heavy atom. The van der Waals surface area contributed by atoms with Gasteiger partial charge in [-0.3, -0.25) is 10.00 Å². The molecule has 2 amide bonds. The molecule has 100 valence electrons. The average molecular weight is 263 g/mol. The van der Waals surface area contributed by atoms with E-state index in [4.69, 9.17) is 0 Å². The van der Waals surface area contributed by atoms with Crippen LogP contribution in [0, 0.1) is 12.7 Å². The Labute approximate surface area is 109 Å². The maximum atomic E-state index is 12.6. The zero-order valence-corrected chi connectivity index (χ0v) is 10.4. The van der Waals surface area contributed by atoms with Gasteiger partial charge in [0.05, 0.1) is 18.9 Å². The molecule has 0 spiro atoms. The largest absolute Gasteiger partial charge is 0.336 e. The predicted molar refractivity (Wildman–Crippen MR) is 68.2 cm³/mol. The number of halogens is 1. The van der Waals surface area contributed by atoms with Gasteiger partial charge in [0.2, 0.25) is 0 Å². The second kappa shape index (κ2) is 5.94. The molecule has 0 radical (unpaired) electrons. The summed E-state index contributed by atoms with van der Waals surface area (Å²) in [7, 11) is 0. The van der Waals surface area contributed by atoms with Crippen molar-refractivity contribution >= 4 is 11.8 Å². The van der Waals surface area contributed by atoms with Crippen molar-refractivity contribution in [2.75, 3.05) is 11.9 Å². The Bertz CT molecular complexity index is 552. The standard InChI is InChI=1S/C12H14FN5O/c1-9-6-16-18(8-9)5-4-14-12(19)17-11-3-2-10(13)7-15-11/h2-3,6-8H,4-5H2,1H3,(H2,14,15,17,19). The lowest BCUT2D eigenvalue weighted by Crippen LogP contribution is -2.31. The van der Waals surface area contributed by atoms with Crippen molar-refractivity contribution in [1.29, 1.82) is 0 Å². The van der Waals surface area contributed by atoms with E-state index in [0.29, 0.717) is 18.9 Å². The van der Waals surface area contributed by atoms with E-state index in [0.717, 1.165) is 11.8 Å². The smallest absolute Gasteiger partial charge is 0.320 e. The molecule has 7 heteroatoms. The van der Waals surface area contributed by atoms with Gasteiger partial charge in [0, 0.05) is 12.7 Å². The molecule has 2 aromatic heterocycles. The first-order chi connectivity index (χ1) is 9.13. The highest BCUT2D eigenvalue weighted by molar-refractivity contribution is 5.88. The van der Waals surface area contributed by atoms with Gasteiger partial charge in [0.25, 0.3) is 0 Å². The fourth-order valence-corrected chi connectivity index (χ4v) is 1.48. The van der Waals surface area contributed by atoms with Crippen LogP contribution in [0.5, 0.6) is 0 Å². The summed E-state index contributed by atoms with van der Waals surface area (Å²) in [5.41, 5.74) is 1.07. The number of rotatable bonds is 4. The summed E-state index contributed by atoms with van der Waals surface area (Å²) >= 11 is 0. The topological polar surface area (TPSA) is 71.8 Å². The fourth-order valence-electron chi connectivity index (χ4n) is 1.48. The van der Waals surface area contributed by atoms with Gasteiger partial charge in [-0.1, -0.05) is 0 Å². The van der Waals surface area contributed by atoms with Gasteiger partial charge in [-0.25, -0.2) is 14.2 Å². The summed E-state index contributed by atoms with van der Waals surface area (Å²) in [6.45, 7) is 2.97. The lowest BCUT2D eigenvalue weighted by molar-refractivity contribution is 0.251. The van der Waals surface area contributed by atoms with Crippen LogP contribution in [0.15, 0.2) is 30.7 Å². The van der Waals surface area contributed by atoms with Crippen molar-refractivity contribution in [2.45, 2.75) is 13.5 Å². The highest BCUT2D eigenvalue weighted by Gasteiger charge is 2.02. The number of amides is 2. The first-order valence-corrected chi connectivity index (χ1v) is 5.79. The number of hydrogen-bond donors (Lipinski definition) is 2. The van der Waals surface area contributed by atoms with Crippen LogP contribution in [-0.2, 0) is 6.54 Å². The molecular formula is C12H14FN5O. The first-order valence-electron chi connectivity index (χ1n) is 5.79. The number of anilines is 1. The van der Waals surface area contributed by atoms with Gasteiger partial charge in [-0.15, -0.1) is 0 Å². The SMILES string of the molecule is Cc1cnn(CCNC(=O)Nc2ccc(F)cn2)c1.